The second-order valence-electron chi connectivity index (χ2n) is 3.79. The largest absolute Gasteiger partial charge is 0.494 e. The van der Waals surface area contributed by atoms with Gasteiger partial charge in [0.2, 0.25) is 10.0 Å². The van der Waals surface area contributed by atoms with Crippen LogP contribution in [0, 0.1) is 0 Å². The zero-order valence-corrected chi connectivity index (χ0v) is 12.1. The first-order valence-corrected chi connectivity index (χ1v) is 8.05. The van der Waals surface area contributed by atoms with Crippen LogP contribution >= 0.6 is 12.6 Å². The molecule has 0 aromatic heterocycles. The van der Waals surface area contributed by atoms with Gasteiger partial charge in [-0.05, 0) is 30.7 Å². The molecule has 0 spiro atoms. The number of benzene rings is 1. The minimum atomic E-state index is -3.42. The van der Waals surface area contributed by atoms with Crippen molar-refractivity contribution in [3.63, 3.8) is 0 Å². The van der Waals surface area contributed by atoms with Crippen LogP contribution in [0.3, 0.4) is 0 Å². The quantitative estimate of drug-likeness (QED) is 0.569. The number of rotatable bonds is 8. The topological polar surface area (TPSA) is 55.4 Å². The first-order valence-electron chi connectivity index (χ1n) is 5.93. The van der Waals surface area contributed by atoms with Gasteiger partial charge in [-0.25, -0.2) is 13.1 Å². The Balaban J connectivity index is 2.64. The van der Waals surface area contributed by atoms with Crippen molar-refractivity contribution >= 4 is 22.7 Å². The second-order valence-corrected chi connectivity index (χ2v) is 6.01. The summed E-state index contributed by atoms with van der Waals surface area (Å²) in [4.78, 5) is 0.243. The van der Waals surface area contributed by atoms with Gasteiger partial charge in [-0.15, -0.1) is 0 Å². The Labute approximate surface area is 114 Å². The maximum atomic E-state index is 11.8. The molecule has 0 bridgehead atoms. The fourth-order valence-corrected chi connectivity index (χ4v) is 2.61. The predicted molar refractivity (Wildman–Crippen MR) is 75.9 cm³/mol. The van der Waals surface area contributed by atoms with Gasteiger partial charge < -0.3 is 4.74 Å². The van der Waals surface area contributed by atoms with E-state index in [1.165, 1.54) is 0 Å². The molecule has 0 aliphatic rings. The molecule has 1 aromatic carbocycles. The van der Waals surface area contributed by atoms with Crippen LogP contribution in [0.4, 0.5) is 0 Å². The van der Waals surface area contributed by atoms with Gasteiger partial charge in [0, 0.05) is 12.3 Å². The van der Waals surface area contributed by atoms with E-state index in [2.05, 4.69) is 24.3 Å². The zero-order valence-electron chi connectivity index (χ0n) is 10.4. The van der Waals surface area contributed by atoms with Crippen molar-refractivity contribution in [1.82, 2.24) is 4.72 Å². The molecule has 1 rings (SSSR count). The van der Waals surface area contributed by atoms with Crippen LogP contribution < -0.4 is 9.46 Å². The van der Waals surface area contributed by atoms with Crippen molar-refractivity contribution in [2.75, 3.05) is 18.9 Å². The highest BCUT2D eigenvalue weighted by molar-refractivity contribution is 7.89. The van der Waals surface area contributed by atoms with Gasteiger partial charge >= 0.3 is 0 Å². The average molecular weight is 289 g/mol. The van der Waals surface area contributed by atoms with Crippen molar-refractivity contribution in [1.29, 1.82) is 0 Å². The maximum Gasteiger partial charge on any atom is 0.240 e. The van der Waals surface area contributed by atoms with Gasteiger partial charge in [0.15, 0.2) is 0 Å². The van der Waals surface area contributed by atoms with Crippen molar-refractivity contribution in [3.05, 3.63) is 24.3 Å². The minimum Gasteiger partial charge on any atom is -0.494 e. The molecular weight excluding hydrogens is 270 g/mol. The van der Waals surface area contributed by atoms with Gasteiger partial charge in [-0.1, -0.05) is 13.3 Å². The lowest BCUT2D eigenvalue weighted by atomic mass is 10.3. The summed E-state index contributed by atoms with van der Waals surface area (Å²) in [6, 6.07) is 6.43. The summed E-state index contributed by atoms with van der Waals surface area (Å²) < 4.78 is 31.5. The molecule has 0 atom stereocenters. The normalized spacial score (nSPS) is 11.4. The molecule has 1 aromatic rings. The number of hydrogen-bond donors (Lipinski definition) is 2. The van der Waals surface area contributed by atoms with Crippen molar-refractivity contribution in [2.45, 2.75) is 24.7 Å². The Kier molecular flexibility index (Phi) is 6.52. The standard InChI is InChI=1S/C12H19NO3S2/c1-2-3-9-16-11-4-6-12(7-5-11)18(14,15)13-8-10-17/h4-7,13,17H,2-3,8-10H2,1H3. The third kappa shape index (κ3) is 4.88. The molecule has 0 aliphatic heterocycles. The van der Waals surface area contributed by atoms with E-state index >= 15 is 0 Å². The zero-order chi connectivity index (χ0) is 13.4. The molecular formula is C12H19NO3S2. The Bertz CT molecular complexity index is 443. The Morgan fingerprint density at radius 2 is 1.94 bits per heavy atom. The van der Waals surface area contributed by atoms with Gasteiger partial charge in [0.25, 0.3) is 0 Å². The Hall–Kier alpha value is -0.720. The highest BCUT2D eigenvalue weighted by Crippen LogP contribution is 2.16. The summed E-state index contributed by atoms with van der Waals surface area (Å²) in [5, 5.41) is 0. The first kappa shape index (κ1) is 15.3. The Morgan fingerprint density at radius 1 is 1.28 bits per heavy atom. The smallest absolute Gasteiger partial charge is 0.240 e. The molecule has 0 radical (unpaired) electrons. The number of hydrogen-bond acceptors (Lipinski definition) is 4. The molecule has 18 heavy (non-hydrogen) atoms. The molecule has 0 fully saturated rings. The van der Waals surface area contributed by atoms with Gasteiger partial charge in [-0.2, -0.15) is 12.6 Å². The molecule has 6 heteroatoms. The summed E-state index contributed by atoms with van der Waals surface area (Å²) in [7, 11) is -3.42. The molecule has 0 saturated heterocycles. The summed E-state index contributed by atoms with van der Waals surface area (Å²) in [5.41, 5.74) is 0. The summed E-state index contributed by atoms with van der Waals surface area (Å²) in [5.74, 6) is 1.16. The minimum absolute atomic E-state index is 0.243. The second kappa shape index (κ2) is 7.66. The van der Waals surface area contributed by atoms with Crippen LogP contribution in [-0.2, 0) is 10.0 Å². The summed E-state index contributed by atoms with van der Waals surface area (Å²) in [6.45, 7) is 3.06. The van der Waals surface area contributed by atoms with Crippen molar-refractivity contribution in [3.8, 4) is 5.75 Å². The molecule has 0 amide bonds. The van der Waals surface area contributed by atoms with Crippen LogP contribution in [0.15, 0.2) is 29.2 Å². The lowest BCUT2D eigenvalue weighted by Crippen LogP contribution is -2.25. The maximum absolute atomic E-state index is 11.8. The monoisotopic (exact) mass is 289 g/mol. The SMILES string of the molecule is CCCCOc1ccc(S(=O)(=O)NCCS)cc1. The van der Waals surface area contributed by atoms with Crippen LogP contribution in [0.25, 0.3) is 0 Å². The van der Waals surface area contributed by atoms with E-state index in [0.717, 1.165) is 12.8 Å². The molecule has 0 aliphatic carbocycles. The van der Waals surface area contributed by atoms with E-state index in [1.54, 1.807) is 24.3 Å². The molecule has 0 saturated carbocycles. The predicted octanol–water partition coefficient (Wildman–Crippen LogP) is 2.07. The van der Waals surface area contributed by atoms with Crippen LogP contribution in [0.1, 0.15) is 19.8 Å². The summed E-state index contributed by atoms with van der Waals surface area (Å²) in [6.07, 6.45) is 2.06. The highest BCUT2D eigenvalue weighted by atomic mass is 32.2. The van der Waals surface area contributed by atoms with E-state index < -0.39 is 10.0 Å². The van der Waals surface area contributed by atoms with E-state index in [0.29, 0.717) is 24.7 Å². The molecule has 4 nitrogen and oxygen atoms in total. The number of ether oxygens (including phenoxy) is 1. The number of unbranched alkanes of at least 4 members (excludes halogenated alkanes) is 1. The number of thiol groups is 1. The van der Waals surface area contributed by atoms with Crippen molar-refractivity contribution in [2.24, 2.45) is 0 Å². The average Bonchev–Trinajstić information content (AvgIpc) is 2.37. The van der Waals surface area contributed by atoms with Crippen LogP contribution in [0.5, 0.6) is 5.75 Å². The fraction of sp³-hybridized carbons (Fsp3) is 0.500. The molecule has 0 heterocycles. The van der Waals surface area contributed by atoms with E-state index in [1.807, 2.05) is 0 Å². The van der Waals surface area contributed by atoms with Gasteiger partial charge in [0.1, 0.15) is 5.75 Å². The summed E-state index contributed by atoms with van der Waals surface area (Å²) >= 11 is 3.96. The number of nitrogens with one attached hydrogen (secondary N) is 1. The number of sulfonamides is 1. The Morgan fingerprint density at radius 3 is 2.50 bits per heavy atom. The lowest BCUT2D eigenvalue weighted by Gasteiger charge is -2.08. The van der Waals surface area contributed by atoms with Crippen LogP contribution in [0.2, 0.25) is 0 Å². The first-order chi connectivity index (χ1) is 8.60. The van der Waals surface area contributed by atoms with Crippen molar-refractivity contribution < 1.29 is 13.2 Å². The van der Waals surface area contributed by atoms with E-state index in [4.69, 9.17) is 4.74 Å². The third-order valence-electron chi connectivity index (χ3n) is 2.30. The third-order valence-corrected chi connectivity index (χ3v) is 4.01. The molecule has 0 unspecified atom stereocenters. The van der Waals surface area contributed by atoms with Gasteiger partial charge in [0.05, 0.1) is 11.5 Å². The lowest BCUT2D eigenvalue weighted by molar-refractivity contribution is 0.309. The molecule has 1 N–H and O–H groups in total. The highest BCUT2D eigenvalue weighted by Gasteiger charge is 2.12. The van der Waals surface area contributed by atoms with Gasteiger partial charge in [-0.3, -0.25) is 0 Å². The van der Waals surface area contributed by atoms with E-state index in [9.17, 15) is 8.42 Å². The van der Waals surface area contributed by atoms with E-state index in [-0.39, 0.29) is 4.90 Å². The van der Waals surface area contributed by atoms with Crippen LogP contribution in [-0.4, -0.2) is 27.3 Å². The fourth-order valence-electron chi connectivity index (χ4n) is 1.31. The molecule has 102 valence electrons.